The van der Waals surface area contributed by atoms with Crippen LogP contribution in [0, 0.1) is 11.6 Å². The number of carbonyl (C=O) groups excluding carboxylic acids is 2. The van der Waals surface area contributed by atoms with E-state index in [0.717, 1.165) is 12.1 Å². The van der Waals surface area contributed by atoms with Gasteiger partial charge in [0.1, 0.15) is 11.6 Å². The van der Waals surface area contributed by atoms with Crippen LogP contribution in [0.5, 0.6) is 0 Å². The maximum atomic E-state index is 13.6. The SMILES string of the molecule is CCC1Sc2cc(S(=O)(=O)CCC(=O)Nc3ccc(F)cc3F)ccc2NC1=O. The van der Waals surface area contributed by atoms with Crippen LogP contribution in [0.2, 0.25) is 0 Å². The van der Waals surface area contributed by atoms with E-state index >= 15 is 0 Å². The first-order valence-electron chi connectivity index (χ1n) is 8.79. The van der Waals surface area contributed by atoms with Crippen LogP contribution in [0.15, 0.2) is 46.2 Å². The summed E-state index contributed by atoms with van der Waals surface area (Å²) in [5.41, 5.74) is 0.327. The van der Waals surface area contributed by atoms with Crippen molar-refractivity contribution < 1.29 is 26.8 Å². The van der Waals surface area contributed by atoms with Gasteiger partial charge in [0.25, 0.3) is 0 Å². The van der Waals surface area contributed by atoms with Crippen molar-refractivity contribution >= 4 is 44.8 Å². The Labute approximate surface area is 171 Å². The summed E-state index contributed by atoms with van der Waals surface area (Å²) in [6.07, 6.45) is 0.213. The summed E-state index contributed by atoms with van der Waals surface area (Å²) in [4.78, 5) is 24.6. The van der Waals surface area contributed by atoms with Crippen LogP contribution in [0.25, 0.3) is 0 Å². The fourth-order valence-electron chi connectivity index (χ4n) is 2.73. The van der Waals surface area contributed by atoms with Gasteiger partial charge in [0.05, 0.1) is 27.3 Å². The summed E-state index contributed by atoms with van der Waals surface area (Å²) < 4.78 is 51.7. The molecule has 2 aromatic carbocycles. The third kappa shape index (κ3) is 4.94. The molecule has 0 aromatic heterocycles. The van der Waals surface area contributed by atoms with E-state index in [1.54, 1.807) is 0 Å². The molecule has 2 amide bonds. The third-order valence-electron chi connectivity index (χ3n) is 4.31. The van der Waals surface area contributed by atoms with E-state index in [2.05, 4.69) is 10.6 Å². The van der Waals surface area contributed by atoms with Gasteiger partial charge in [-0.25, -0.2) is 17.2 Å². The number of rotatable bonds is 6. The number of carbonyl (C=O) groups is 2. The highest BCUT2D eigenvalue weighted by molar-refractivity contribution is 8.01. The third-order valence-corrected chi connectivity index (χ3v) is 7.44. The second-order valence-corrected chi connectivity index (χ2v) is 9.76. The van der Waals surface area contributed by atoms with Crippen LogP contribution >= 0.6 is 11.8 Å². The smallest absolute Gasteiger partial charge is 0.237 e. The van der Waals surface area contributed by atoms with Gasteiger partial charge in [-0.1, -0.05) is 6.92 Å². The van der Waals surface area contributed by atoms with E-state index < -0.39 is 39.6 Å². The maximum Gasteiger partial charge on any atom is 0.237 e. The van der Waals surface area contributed by atoms with Crippen molar-refractivity contribution in [3.63, 3.8) is 0 Å². The summed E-state index contributed by atoms with van der Waals surface area (Å²) in [6.45, 7) is 1.87. The number of halogens is 2. The lowest BCUT2D eigenvalue weighted by atomic mass is 10.2. The molecule has 10 heteroatoms. The van der Waals surface area contributed by atoms with Crippen molar-refractivity contribution in [3.8, 4) is 0 Å². The van der Waals surface area contributed by atoms with E-state index in [0.29, 0.717) is 23.1 Å². The Balaban J connectivity index is 1.68. The lowest BCUT2D eigenvalue weighted by Gasteiger charge is -2.23. The molecule has 1 unspecified atom stereocenters. The molecule has 29 heavy (non-hydrogen) atoms. The molecule has 1 heterocycles. The number of benzene rings is 2. The molecule has 0 fully saturated rings. The Kier molecular flexibility index (Phi) is 6.23. The summed E-state index contributed by atoms with van der Waals surface area (Å²) >= 11 is 1.30. The number of sulfone groups is 1. The monoisotopic (exact) mass is 440 g/mol. The number of amides is 2. The van der Waals surface area contributed by atoms with Crippen LogP contribution in [0.1, 0.15) is 19.8 Å². The minimum Gasteiger partial charge on any atom is -0.324 e. The minimum absolute atomic E-state index is 0.0375. The van der Waals surface area contributed by atoms with Gasteiger partial charge in [-0.15, -0.1) is 11.8 Å². The quantitative estimate of drug-likeness (QED) is 0.716. The van der Waals surface area contributed by atoms with Crippen molar-refractivity contribution in [2.45, 2.75) is 34.8 Å². The first-order chi connectivity index (χ1) is 13.7. The van der Waals surface area contributed by atoms with Gasteiger partial charge in [-0.2, -0.15) is 0 Å². The molecular formula is C19H18F2N2O4S2. The zero-order valence-electron chi connectivity index (χ0n) is 15.4. The molecular weight excluding hydrogens is 422 g/mol. The van der Waals surface area contributed by atoms with E-state index in [1.807, 2.05) is 6.92 Å². The first-order valence-corrected chi connectivity index (χ1v) is 11.3. The van der Waals surface area contributed by atoms with E-state index in [9.17, 15) is 26.8 Å². The molecule has 1 atom stereocenters. The minimum atomic E-state index is -3.78. The predicted molar refractivity (Wildman–Crippen MR) is 107 cm³/mol. The fraction of sp³-hybridized carbons (Fsp3) is 0.263. The Bertz CT molecular complexity index is 1070. The normalized spacial score (nSPS) is 16.1. The number of hydrogen-bond donors (Lipinski definition) is 2. The van der Waals surface area contributed by atoms with Crippen molar-refractivity contribution in [1.29, 1.82) is 0 Å². The van der Waals surface area contributed by atoms with Crippen molar-refractivity contribution in [3.05, 3.63) is 48.0 Å². The van der Waals surface area contributed by atoms with Gasteiger partial charge in [0, 0.05) is 17.4 Å². The Hall–Kier alpha value is -2.46. The van der Waals surface area contributed by atoms with Gasteiger partial charge in [-0.05, 0) is 36.8 Å². The summed E-state index contributed by atoms with van der Waals surface area (Å²) in [5.74, 6) is -3.03. The molecule has 0 spiro atoms. The van der Waals surface area contributed by atoms with Crippen molar-refractivity contribution in [2.24, 2.45) is 0 Å². The Morgan fingerprint density at radius 2 is 1.97 bits per heavy atom. The van der Waals surface area contributed by atoms with Gasteiger partial charge >= 0.3 is 0 Å². The molecule has 2 N–H and O–H groups in total. The highest BCUT2D eigenvalue weighted by Gasteiger charge is 2.27. The molecule has 1 aliphatic heterocycles. The topological polar surface area (TPSA) is 92.3 Å². The van der Waals surface area contributed by atoms with Crippen molar-refractivity contribution in [2.75, 3.05) is 16.4 Å². The second-order valence-electron chi connectivity index (χ2n) is 6.40. The predicted octanol–water partition coefficient (Wildman–Crippen LogP) is 3.59. The molecule has 2 aromatic rings. The van der Waals surface area contributed by atoms with E-state index in [-0.39, 0.29) is 21.7 Å². The molecule has 1 aliphatic rings. The number of thioether (sulfide) groups is 1. The van der Waals surface area contributed by atoms with Gasteiger partial charge in [-0.3, -0.25) is 9.59 Å². The summed E-state index contributed by atoms with van der Waals surface area (Å²) in [6, 6.07) is 7.05. The molecule has 0 bridgehead atoms. The average molecular weight is 440 g/mol. The number of nitrogens with one attached hydrogen (secondary N) is 2. The van der Waals surface area contributed by atoms with Crippen molar-refractivity contribution in [1.82, 2.24) is 0 Å². The van der Waals surface area contributed by atoms with Crippen LogP contribution in [0.3, 0.4) is 0 Å². The van der Waals surface area contributed by atoms with Crippen LogP contribution in [-0.2, 0) is 19.4 Å². The lowest BCUT2D eigenvalue weighted by molar-refractivity contribution is -0.116. The number of hydrogen-bond acceptors (Lipinski definition) is 5. The largest absolute Gasteiger partial charge is 0.324 e. The Morgan fingerprint density at radius 3 is 2.66 bits per heavy atom. The zero-order chi connectivity index (χ0) is 21.2. The summed E-state index contributed by atoms with van der Waals surface area (Å²) in [5, 5.41) is 4.68. The standard InChI is InChI=1S/C19H18F2N2O4S2/c1-2-16-19(25)23-15-6-4-12(10-17(15)28-16)29(26,27)8-7-18(24)22-14-5-3-11(20)9-13(14)21/h3-6,9-10,16H,2,7-8H2,1H3,(H,22,24)(H,23,25). The van der Waals surface area contributed by atoms with Gasteiger partial charge in [0.15, 0.2) is 9.84 Å². The molecule has 0 radical (unpaired) electrons. The number of anilines is 2. The average Bonchev–Trinajstić information content (AvgIpc) is 2.67. The second kappa shape index (κ2) is 8.50. The highest BCUT2D eigenvalue weighted by Crippen LogP contribution is 2.38. The van der Waals surface area contributed by atoms with Crippen LogP contribution in [0.4, 0.5) is 20.2 Å². The molecule has 0 aliphatic carbocycles. The van der Waals surface area contributed by atoms with E-state index in [1.165, 1.54) is 30.0 Å². The zero-order valence-corrected chi connectivity index (χ0v) is 17.0. The molecule has 3 rings (SSSR count). The maximum absolute atomic E-state index is 13.6. The highest BCUT2D eigenvalue weighted by atomic mass is 32.2. The van der Waals surface area contributed by atoms with Crippen LogP contribution in [-0.4, -0.2) is 31.2 Å². The lowest BCUT2D eigenvalue weighted by Crippen LogP contribution is -2.28. The van der Waals surface area contributed by atoms with E-state index in [4.69, 9.17) is 0 Å². The number of fused-ring (bicyclic) bond motifs is 1. The molecule has 0 saturated carbocycles. The molecule has 154 valence electrons. The van der Waals surface area contributed by atoms with Gasteiger partial charge < -0.3 is 10.6 Å². The fourth-order valence-corrected chi connectivity index (χ4v) is 5.15. The molecule has 0 saturated heterocycles. The molecule has 6 nitrogen and oxygen atoms in total. The summed E-state index contributed by atoms with van der Waals surface area (Å²) in [7, 11) is -3.78. The Morgan fingerprint density at radius 1 is 1.21 bits per heavy atom. The first kappa shape index (κ1) is 21.3. The van der Waals surface area contributed by atoms with Gasteiger partial charge in [0.2, 0.25) is 11.8 Å². The van der Waals surface area contributed by atoms with Crippen LogP contribution < -0.4 is 10.6 Å².